The predicted octanol–water partition coefficient (Wildman–Crippen LogP) is 3.53. The van der Waals surface area contributed by atoms with Crippen LogP contribution in [0.25, 0.3) is 10.9 Å². The normalized spacial score (nSPS) is 10.8. The monoisotopic (exact) mass is 293 g/mol. The fourth-order valence-corrected chi connectivity index (χ4v) is 2.54. The molecule has 0 unspecified atom stereocenters. The van der Waals surface area contributed by atoms with E-state index in [-0.39, 0.29) is 0 Å². The standard InChI is InChI=1S/C18H19N3O/c1-13-20-16-10-5-9-15(19)18(16)17(21-13)11-6-12-22-14-7-3-2-4-8-14/h2-5,7-10H,6,11-12,19H2,1H3. The van der Waals surface area contributed by atoms with Gasteiger partial charge in [-0.3, -0.25) is 0 Å². The smallest absolute Gasteiger partial charge is 0.126 e. The number of aryl methyl sites for hydroxylation is 2. The number of anilines is 1. The number of nitrogen functional groups attached to an aromatic ring is 1. The van der Waals surface area contributed by atoms with E-state index in [1.165, 1.54) is 0 Å². The third kappa shape index (κ3) is 3.17. The van der Waals surface area contributed by atoms with Crippen LogP contribution in [-0.4, -0.2) is 16.6 Å². The quantitative estimate of drug-likeness (QED) is 0.577. The van der Waals surface area contributed by atoms with Crippen molar-refractivity contribution in [1.82, 2.24) is 9.97 Å². The lowest BCUT2D eigenvalue weighted by Gasteiger charge is -2.10. The zero-order valence-electron chi connectivity index (χ0n) is 12.6. The number of hydrogen-bond donors (Lipinski definition) is 1. The van der Waals surface area contributed by atoms with Gasteiger partial charge in [-0.05, 0) is 44.0 Å². The number of rotatable bonds is 5. The Labute approximate surface area is 130 Å². The Kier molecular flexibility index (Phi) is 4.19. The Morgan fingerprint density at radius 3 is 2.64 bits per heavy atom. The Hall–Kier alpha value is -2.62. The van der Waals surface area contributed by atoms with Crippen LogP contribution in [0.1, 0.15) is 17.9 Å². The van der Waals surface area contributed by atoms with Crippen LogP contribution in [0.2, 0.25) is 0 Å². The first-order valence-electron chi connectivity index (χ1n) is 7.43. The van der Waals surface area contributed by atoms with E-state index < -0.39 is 0 Å². The fourth-order valence-electron chi connectivity index (χ4n) is 2.54. The van der Waals surface area contributed by atoms with Crippen molar-refractivity contribution >= 4 is 16.6 Å². The predicted molar refractivity (Wildman–Crippen MR) is 88.9 cm³/mol. The van der Waals surface area contributed by atoms with Crippen LogP contribution in [-0.2, 0) is 6.42 Å². The lowest BCUT2D eigenvalue weighted by atomic mass is 10.1. The van der Waals surface area contributed by atoms with Crippen LogP contribution in [0.5, 0.6) is 5.75 Å². The van der Waals surface area contributed by atoms with E-state index in [0.29, 0.717) is 6.61 Å². The van der Waals surface area contributed by atoms with Gasteiger partial charge in [-0.25, -0.2) is 9.97 Å². The Morgan fingerprint density at radius 2 is 1.82 bits per heavy atom. The molecule has 1 heterocycles. The largest absolute Gasteiger partial charge is 0.494 e. The summed E-state index contributed by atoms with van der Waals surface area (Å²) in [4.78, 5) is 9.01. The molecule has 0 radical (unpaired) electrons. The van der Waals surface area contributed by atoms with Crippen molar-refractivity contribution in [2.75, 3.05) is 12.3 Å². The second-order valence-electron chi connectivity index (χ2n) is 5.22. The van der Waals surface area contributed by atoms with Crippen LogP contribution in [0.3, 0.4) is 0 Å². The van der Waals surface area contributed by atoms with Gasteiger partial charge in [0.1, 0.15) is 11.6 Å². The van der Waals surface area contributed by atoms with E-state index in [4.69, 9.17) is 10.5 Å². The van der Waals surface area contributed by atoms with Gasteiger partial charge in [-0.1, -0.05) is 24.3 Å². The molecular weight excluding hydrogens is 274 g/mol. The average molecular weight is 293 g/mol. The summed E-state index contributed by atoms with van der Waals surface area (Å²) in [5.74, 6) is 1.67. The Balaban J connectivity index is 1.71. The van der Waals surface area contributed by atoms with E-state index in [9.17, 15) is 0 Å². The van der Waals surface area contributed by atoms with Gasteiger partial charge in [0, 0.05) is 11.1 Å². The summed E-state index contributed by atoms with van der Waals surface area (Å²) >= 11 is 0. The van der Waals surface area contributed by atoms with Gasteiger partial charge in [-0.15, -0.1) is 0 Å². The number of ether oxygens (including phenoxy) is 1. The third-order valence-corrected chi connectivity index (χ3v) is 3.51. The number of aromatic nitrogens is 2. The molecule has 22 heavy (non-hydrogen) atoms. The van der Waals surface area contributed by atoms with E-state index in [0.717, 1.165) is 46.7 Å². The molecule has 1 aromatic heterocycles. The SMILES string of the molecule is Cc1nc(CCCOc2ccccc2)c2c(N)cccc2n1. The molecule has 2 N–H and O–H groups in total. The van der Waals surface area contributed by atoms with Crippen LogP contribution in [0, 0.1) is 6.92 Å². The molecule has 4 heteroatoms. The van der Waals surface area contributed by atoms with E-state index in [1.807, 2.05) is 55.5 Å². The number of para-hydroxylation sites is 1. The lowest BCUT2D eigenvalue weighted by Crippen LogP contribution is -2.04. The van der Waals surface area contributed by atoms with E-state index in [2.05, 4.69) is 9.97 Å². The first kappa shape index (κ1) is 14.3. The molecule has 2 aromatic carbocycles. The van der Waals surface area contributed by atoms with Crippen LogP contribution in [0.4, 0.5) is 5.69 Å². The maximum absolute atomic E-state index is 6.09. The topological polar surface area (TPSA) is 61.0 Å². The number of hydrogen-bond acceptors (Lipinski definition) is 4. The molecule has 0 aliphatic heterocycles. The van der Waals surface area contributed by atoms with E-state index in [1.54, 1.807) is 0 Å². The number of fused-ring (bicyclic) bond motifs is 1. The van der Waals surface area contributed by atoms with Crippen molar-refractivity contribution in [1.29, 1.82) is 0 Å². The second kappa shape index (κ2) is 6.43. The van der Waals surface area contributed by atoms with Crippen molar-refractivity contribution in [2.45, 2.75) is 19.8 Å². The lowest BCUT2D eigenvalue weighted by molar-refractivity contribution is 0.310. The van der Waals surface area contributed by atoms with Crippen molar-refractivity contribution in [3.05, 3.63) is 60.0 Å². The van der Waals surface area contributed by atoms with Crippen LogP contribution < -0.4 is 10.5 Å². The molecule has 112 valence electrons. The highest BCUT2D eigenvalue weighted by molar-refractivity contribution is 5.92. The summed E-state index contributed by atoms with van der Waals surface area (Å²) in [5, 5.41) is 0.966. The Morgan fingerprint density at radius 1 is 1.00 bits per heavy atom. The Bertz CT molecular complexity index is 772. The molecule has 0 bridgehead atoms. The zero-order valence-corrected chi connectivity index (χ0v) is 12.6. The molecule has 0 spiro atoms. The first-order valence-corrected chi connectivity index (χ1v) is 7.43. The zero-order chi connectivity index (χ0) is 15.4. The average Bonchev–Trinajstić information content (AvgIpc) is 2.52. The van der Waals surface area contributed by atoms with Gasteiger partial charge in [0.05, 0.1) is 17.8 Å². The molecule has 3 aromatic rings. The summed E-state index contributed by atoms with van der Waals surface area (Å²) in [7, 11) is 0. The minimum atomic E-state index is 0.654. The maximum Gasteiger partial charge on any atom is 0.126 e. The van der Waals surface area contributed by atoms with Crippen molar-refractivity contribution in [3.8, 4) is 5.75 Å². The molecule has 0 aliphatic rings. The van der Waals surface area contributed by atoms with Crippen LogP contribution in [0.15, 0.2) is 48.5 Å². The van der Waals surface area contributed by atoms with E-state index >= 15 is 0 Å². The molecular formula is C18H19N3O. The van der Waals surface area contributed by atoms with Gasteiger partial charge < -0.3 is 10.5 Å². The molecule has 0 saturated heterocycles. The molecule has 0 fully saturated rings. The fraction of sp³-hybridized carbons (Fsp3) is 0.222. The molecule has 4 nitrogen and oxygen atoms in total. The molecule has 0 aliphatic carbocycles. The number of nitrogens with zero attached hydrogens (tertiary/aromatic N) is 2. The van der Waals surface area contributed by atoms with Gasteiger partial charge >= 0.3 is 0 Å². The van der Waals surface area contributed by atoms with Gasteiger partial charge in [-0.2, -0.15) is 0 Å². The number of nitrogens with two attached hydrogens (primary N) is 1. The highest BCUT2D eigenvalue weighted by Gasteiger charge is 2.08. The summed E-state index contributed by atoms with van der Waals surface area (Å²) in [6, 6.07) is 15.6. The van der Waals surface area contributed by atoms with Crippen molar-refractivity contribution in [3.63, 3.8) is 0 Å². The summed E-state index contributed by atoms with van der Waals surface area (Å²) in [6.45, 7) is 2.56. The minimum Gasteiger partial charge on any atom is -0.494 e. The molecule has 0 atom stereocenters. The van der Waals surface area contributed by atoms with Gasteiger partial charge in [0.2, 0.25) is 0 Å². The molecule has 0 saturated carbocycles. The summed E-state index contributed by atoms with van der Waals surface area (Å²) < 4.78 is 5.73. The van der Waals surface area contributed by atoms with Gasteiger partial charge in [0.15, 0.2) is 0 Å². The highest BCUT2D eigenvalue weighted by Crippen LogP contribution is 2.23. The molecule has 0 amide bonds. The third-order valence-electron chi connectivity index (χ3n) is 3.51. The van der Waals surface area contributed by atoms with Crippen molar-refractivity contribution in [2.24, 2.45) is 0 Å². The first-order chi connectivity index (χ1) is 10.7. The molecule has 3 rings (SSSR count). The maximum atomic E-state index is 6.09. The van der Waals surface area contributed by atoms with Gasteiger partial charge in [0.25, 0.3) is 0 Å². The summed E-state index contributed by atoms with van der Waals surface area (Å²) in [6.07, 6.45) is 1.70. The summed E-state index contributed by atoms with van der Waals surface area (Å²) in [5.41, 5.74) is 8.73. The minimum absolute atomic E-state index is 0.654. The van der Waals surface area contributed by atoms with Crippen molar-refractivity contribution < 1.29 is 4.74 Å². The van der Waals surface area contributed by atoms with Crippen LogP contribution >= 0.6 is 0 Å². The highest BCUT2D eigenvalue weighted by atomic mass is 16.5. The second-order valence-corrected chi connectivity index (χ2v) is 5.22. The number of benzene rings is 2.